The molecule has 1 fully saturated rings. The molecule has 2 aromatic rings. The van der Waals surface area contributed by atoms with Gasteiger partial charge in [0.15, 0.2) is 0 Å². The number of carbonyl (C=O) groups is 1. The predicted octanol–water partition coefficient (Wildman–Crippen LogP) is 3.11. The molecule has 22 heavy (non-hydrogen) atoms. The number of halogens is 2. The highest BCUT2D eigenvalue weighted by Gasteiger charge is 2.67. The maximum absolute atomic E-state index is 12.1. The van der Waals surface area contributed by atoms with Gasteiger partial charge in [-0.3, -0.25) is 4.79 Å². The first-order chi connectivity index (χ1) is 10.4. The number of alkyl halides is 2. The molecule has 3 rings (SSSR count). The van der Waals surface area contributed by atoms with Crippen LogP contribution in [0.1, 0.15) is 18.9 Å². The Kier molecular flexibility index (Phi) is 3.91. The molecular formula is C16H17Cl2N3O. The van der Waals surface area contributed by atoms with Crippen LogP contribution in [0.25, 0.3) is 5.69 Å². The number of nitrogens with zero attached hydrogens (tertiary/aromatic N) is 2. The molecule has 116 valence electrons. The summed E-state index contributed by atoms with van der Waals surface area (Å²) in [5, 5.41) is 7.22. The molecule has 1 heterocycles. The molecule has 1 aromatic carbocycles. The van der Waals surface area contributed by atoms with Gasteiger partial charge in [-0.05, 0) is 37.5 Å². The van der Waals surface area contributed by atoms with Gasteiger partial charge >= 0.3 is 0 Å². The number of amides is 1. The number of hydrogen-bond donors (Lipinski definition) is 1. The van der Waals surface area contributed by atoms with Gasteiger partial charge in [-0.15, -0.1) is 23.2 Å². The Labute approximate surface area is 139 Å². The summed E-state index contributed by atoms with van der Waals surface area (Å²) in [6.45, 7) is 2.33. The smallest absolute Gasteiger partial charge is 0.229 e. The van der Waals surface area contributed by atoms with Crippen LogP contribution in [0.15, 0.2) is 42.7 Å². The van der Waals surface area contributed by atoms with E-state index in [2.05, 4.69) is 10.4 Å². The average molecular weight is 338 g/mol. The number of carbonyl (C=O) groups excluding carboxylic acids is 1. The average Bonchev–Trinajstić information content (AvgIpc) is 2.87. The van der Waals surface area contributed by atoms with Crippen molar-refractivity contribution >= 4 is 29.1 Å². The van der Waals surface area contributed by atoms with Crippen molar-refractivity contribution in [2.45, 2.75) is 24.1 Å². The first-order valence-corrected chi connectivity index (χ1v) is 7.93. The van der Waals surface area contributed by atoms with Crippen molar-refractivity contribution in [3.8, 4) is 5.69 Å². The SMILES string of the molecule is CC1(C(=O)NCCc2cnn(-c3ccccc3)c2)CC1(Cl)Cl. The van der Waals surface area contributed by atoms with E-state index in [0.29, 0.717) is 19.4 Å². The van der Waals surface area contributed by atoms with E-state index in [-0.39, 0.29) is 5.91 Å². The first-order valence-electron chi connectivity index (χ1n) is 7.17. The lowest BCUT2D eigenvalue weighted by Gasteiger charge is -2.12. The molecule has 0 saturated heterocycles. The molecule has 1 N–H and O–H groups in total. The minimum absolute atomic E-state index is 0.0899. The second-order valence-corrected chi connectivity index (χ2v) is 7.33. The molecular weight excluding hydrogens is 321 g/mol. The fraction of sp³-hybridized carbons (Fsp3) is 0.375. The minimum Gasteiger partial charge on any atom is -0.355 e. The maximum Gasteiger partial charge on any atom is 0.229 e. The maximum atomic E-state index is 12.1. The van der Waals surface area contributed by atoms with Crippen molar-refractivity contribution in [3.05, 3.63) is 48.3 Å². The molecule has 1 amide bonds. The number of benzene rings is 1. The van der Waals surface area contributed by atoms with E-state index in [1.807, 2.05) is 47.4 Å². The van der Waals surface area contributed by atoms with Gasteiger partial charge in [-0.1, -0.05) is 18.2 Å². The van der Waals surface area contributed by atoms with Crippen LogP contribution >= 0.6 is 23.2 Å². The third-order valence-electron chi connectivity index (χ3n) is 4.12. The van der Waals surface area contributed by atoms with Crippen LogP contribution in [0.2, 0.25) is 0 Å². The highest BCUT2D eigenvalue weighted by atomic mass is 35.5. The van der Waals surface area contributed by atoms with Crippen molar-refractivity contribution in [1.29, 1.82) is 0 Å². The molecule has 4 nitrogen and oxygen atoms in total. The Balaban J connectivity index is 1.53. The Morgan fingerprint density at radius 1 is 1.36 bits per heavy atom. The van der Waals surface area contributed by atoms with Gasteiger partial charge in [-0.2, -0.15) is 5.10 Å². The lowest BCUT2D eigenvalue weighted by molar-refractivity contribution is -0.125. The highest BCUT2D eigenvalue weighted by Crippen LogP contribution is 2.63. The van der Waals surface area contributed by atoms with Gasteiger partial charge in [0.1, 0.15) is 4.33 Å². The Hall–Kier alpha value is -1.52. The topological polar surface area (TPSA) is 46.9 Å². The lowest BCUT2D eigenvalue weighted by Crippen LogP contribution is -2.34. The summed E-state index contributed by atoms with van der Waals surface area (Å²) in [7, 11) is 0. The van der Waals surface area contributed by atoms with Crippen molar-refractivity contribution in [1.82, 2.24) is 15.1 Å². The van der Waals surface area contributed by atoms with Gasteiger partial charge in [-0.25, -0.2) is 4.68 Å². The van der Waals surface area contributed by atoms with E-state index in [4.69, 9.17) is 23.2 Å². The van der Waals surface area contributed by atoms with Crippen molar-refractivity contribution in [2.75, 3.05) is 6.54 Å². The second-order valence-electron chi connectivity index (χ2n) is 5.85. The standard InChI is InChI=1S/C16H17Cl2N3O/c1-15(11-16(15,17)18)14(22)19-8-7-12-9-20-21(10-12)13-5-3-2-4-6-13/h2-6,9-10H,7-8,11H2,1H3,(H,19,22). The van der Waals surface area contributed by atoms with Crippen LogP contribution in [0, 0.1) is 5.41 Å². The van der Waals surface area contributed by atoms with Crippen LogP contribution in [-0.2, 0) is 11.2 Å². The number of rotatable bonds is 5. The van der Waals surface area contributed by atoms with Gasteiger partial charge in [0.05, 0.1) is 17.3 Å². The zero-order chi connectivity index (χ0) is 15.8. The van der Waals surface area contributed by atoms with Gasteiger partial charge in [0, 0.05) is 12.7 Å². The number of nitrogens with one attached hydrogen (secondary N) is 1. The number of para-hydroxylation sites is 1. The fourth-order valence-corrected chi connectivity index (χ4v) is 3.08. The van der Waals surface area contributed by atoms with Gasteiger partial charge in [0.25, 0.3) is 0 Å². The monoisotopic (exact) mass is 337 g/mol. The first kappa shape index (κ1) is 15.4. The zero-order valence-corrected chi connectivity index (χ0v) is 13.7. The molecule has 1 aliphatic carbocycles. The van der Waals surface area contributed by atoms with Gasteiger partial charge in [0.2, 0.25) is 5.91 Å². The van der Waals surface area contributed by atoms with Gasteiger partial charge < -0.3 is 5.32 Å². The Morgan fingerprint density at radius 2 is 2.05 bits per heavy atom. The molecule has 1 aromatic heterocycles. The molecule has 0 aliphatic heterocycles. The normalized spacial score (nSPS) is 22.3. The molecule has 1 atom stereocenters. The van der Waals surface area contributed by atoms with E-state index < -0.39 is 9.75 Å². The predicted molar refractivity (Wildman–Crippen MR) is 87.4 cm³/mol. The molecule has 1 saturated carbocycles. The molecule has 0 radical (unpaired) electrons. The summed E-state index contributed by atoms with van der Waals surface area (Å²) in [6.07, 6.45) is 4.99. The highest BCUT2D eigenvalue weighted by molar-refractivity contribution is 6.53. The largest absolute Gasteiger partial charge is 0.355 e. The summed E-state index contributed by atoms with van der Waals surface area (Å²) in [5.41, 5.74) is 1.41. The molecule has 1 aliphatic rings. The zero-order valence-electron chi connectivity index (χ0n) is 12.2. The van der Waals surface area contributed by atoms with Crippen molar-refractivity contribution in [3.63, 3.8) is 0 Å². The quantitative estimate of drug-likeness (QED) is 0.852. The van der Waals surface area contributed by atoms with E-state index >= 15 is 0 Å². The fourth-order valence-electron chi connectivity index (χ4n) is 2.37. The Morgan fingerprint density at radius 3 is 2.68 bits per heavy atom. The second kappa shape index (κ2) is 5.60. The third-order valence-corrected chi connectivity index (χ3v) is 5.22. The minimum atomic E-state index is -0.921. The molecule has 1 unspecified atom stereocenters. The van der Waals surface area contributed by atoms with Crippen LogP contribution in [-0.4, -0.2) is 26.6 Å². The van der Waals surface area contributed by atoms with Crippen LogP contribution < -0.4 is 5.32 Å². The third kappa shape index (κ3) is 2.85. The van der Waals surface area contributed by atoms with E-state index in [0.717, 1.165) is 11.3 Å². The van der Waals surface area contributed by atoms with Crippen molar-refractivity contribution in [2.24, 2.45) is 5.41 Å². The summed E-state index contributed by atoms with van der Waals surface area (Å²) >= 11 is 12.0. The molecule has 0 spiro atoms. The summed E-state index contributed by atoms with van der Waals surface area (Å²) < 4.78 is 0.900. The molecule has 0 bridgehead atoms. The Bertz CT molecular complexity index is 684. The van der Waals surface area contributed by atoms with E-state index in [1.54, 1.807) is 6.92 Å². The molecule has 6 heteroatoms. The van der Waals surface area contributed by atoms with E-state index in [1.165, 1.54) is 0 Å². The van der Waals surface area contributed by atoms with Crippen molar-refractivity contribution < 1.29 is 4.79 Å². The lowest BCUT2D eigenvalue weighted by atomic mass is 10.1. The van der Waals surface area contributed by atoms with Crippen LogP contribution in [0.4, 0.5) is 0 Å². The number of hydrogen-bond acceptors (Lipinski definition) is 2. The van der Waals surface area contributed by atoms with E-state index in [9.17, 15) is 4.79 Å². The summed E-state index contributed by atoms with van der Waals surface area (Å²) in [4.78, 5) is 12.1. The van der Waals surface area contributed by atoms with Crippen LogP contribution in [0.3, 0.4) is 0 Å². The number of aromatic nitrogens is 2. The summed E-state index contributed by atoms with van der Waals surface area (Å²) in [5.74, 6) is -0.0899. The summed E-state index contributed by atoms with van der Waals surface area (Å²) in [6, 6.07) is 9.89. The van der Waals surface area contributed by atoms with Crippen LogP contribution in [0.5, 0.6) is 0 Å².